The molecule has 0 atom stereocenters. The molecule has 1 rings (SSSR count). The maximum Gasteiger partial charge on any atom is 0.0847 e. The Morgan fingerprint density at radius 3 is 3.10 bits per heavy atom. The van der Waals surface area contributed by atoms with E-state index in [0.717, 1.165) is 11.4 Å². The monoisotopic (exact) mass is 154 g/mol. The average molecular weight is 154 g/mol. The standard InChI is InChI=1S/C7H10N2S/c1-9-5-4-7(8-9)3-2-6-10/h2-5,10H,6H2,1H3. The number of nitrogens with zero attached hydrogens (tertiary/aromatic N) is 2. The summed E-state index contributed by atoms with van der Waals surface area (Å²) in [6.45, 7) is 0. The van der Waals surface area contributed by atoms with Crippen LogP contribution in [-0.4, -0.2) is 15.5 Å². The Labute approximate surface area is 66.0 Å². The van der Waals surface area contributed by atoms with Gasteiger partial charge in [-0.1, -0.05) is 6.08 Å². The number of aromatic nitrogens is 2. The lowest BCUT2D eigenvalue weighted by Gasteiger charge is -1.83. The molecule has 2 nitrogen and oxygen atoms in total. The zero-order valence-electron chi connectivity index (χ0n) is 5.86. The summed E-state index contributed by atoms with van der Waals surface area (Å²) in [5.41, 5.74) is 0.983. The first-order chi connectivity index (χ1) is 4.83. The van der Waals surface area contributed by atoms with Crippen LogP contribution in [0.3, 0.4) is 0 Å². The molecule has 0 aromatic carbocycles. The van der Waals surface area contributed by atoms with Crippen molar-refractivity contribution in [3.8, 4) is 0 Å². The zero-order valence-corrected chi connectivity index (χ0v) is 6.75. The second-order valence-electron chi connectivity index (χ2n) is 2.00. The lowest BCUT2D eigenvalue weighted by Crippen LogP contribution is -1.86. The Balaban J connectivity index is 2.67. The highest BCUT2D eigenvalue weighted by Crippen LogP contribution is 1.96. The molecule has 1 aromatic heterocycles. The fourth-order valence-corrected chi connectivity index (χ4v) is 0.801. The predicted octanol–water partition coefficient (Wildman–Crippen LogP) is 1.36. The van der Waals surface area contributed by atoms with Crippen molar-refractivity contribution in [2.24, 2.45) is 7.05 Å². The molecule has 10 heavy (non-hydrogen) atoms. The molecule has 1 heterocycles. The first-order valence-corrected chi connectivity index (χ1v) is 3.73. The Kier molecular flexibility index (Phi) is 2.57. The van der Waals surface area contributed by atoms with E-state index in [9.17, 15) is 0 Å². The van der Waals surface area contributed by atoms with Gasteiger partial charge in [0.2, 0.25) is 0 Å². The van der Waals surface area contributed by atoms with E-state index in [1.807, 2.05) is 31.5 Å². The summed E-state index contributed by atoms with van der Waals surface area (Å²) in [6, 6.07) is 1.96. The number of rotatable bonds is 2. The minimum atomic E-state index is 0.760. The van der Waals surface area contributed by atoms with Crippen LogP contribution in [0, 0.1) is 0 Å². The topological polar surface area (TPSA) is 17.8 Å². The van der Waals surface area contributed by atoms with Crippen molar-refractivity contribution in [1.29, 1.82) is 0 Å². The molecule has 0 N–H and O–H groups in total. The van der Waals surface area contributed by atoms with Gasteiger partial charge in [0, 0.05) is 19.0 Å². The summed E-state index contributed by atoms with van der Waals surface area (Å²) in [7, 11) is 1.90. The summed E-state index contributed by atoms with van der Waals surface area (Å²) in [5.74, 6) is 0.760. The van der Waals surface area contributed by atoms with E-state index in [1.54, 1.807) is 4.68 Å². The summed E-state index contributed by atoms with van der Waals surface area (Å²) in [4.78, 5) is 0. The van der Waals surface area contributed by atoms with E-state index in [1.165, 1.54) is 0 Å². The molecule has 1 aromatic rings. The van der Waals surface area contributed by atoms with Crippen molar-refractivity contribution >= 4 is 18.7 Å². The zero-order chi connectivity index (χ0) is 7.40. The molecule has 0 amide bonds. The molecule has 0 saturated heterocycles. The van der Waals surface area contributed by atoms with Crippen molar-refractivity contribution < 1.29 is 0 Å². The minimum absolute atomic E-state index is 0.760. The van der Waals surface area contributed by atoms with Crippen LogP contribution in [0.1, 0.15) is 5.69 Å². The van der Waals surface area contributed by atoms with Gasteiger partial charge in [-0.2, -0.15) is 17.7 Å². The van der Waals surface area contributed by atoms with Crippen molar-refractivity contribution in [1.82, 2.24) is 9.78 Å². The lowest BCUT2D eigenvalue weighted by molar-refractivity contribution is 0.764. The molecule has 0 spiro atoms. The molecule has 0 aliphatic heterocycles. The summed E-state index contributed by atoms with van der Waals surface area (Å²) in [6.07, 6.45) is 5.83. The van der Waals surface area contributed by atoms with Gasteiger partial charge in [0.15, 0.2) is 0 Å². The molecule has 3 heteroatoms. The molecular weight excluding hydrogens is 144 g/mol. The van der Waals surface area contributed by atoms with Crippen LogP contribution in [0.4, 0.5) is 0 Å². The van der Waals surface area contributed by atoms with Gasteiger partial charge in [0.1, 0.15) is 0 Å². The maximum absolute atomic E-state index is 4.14. The van der Waals surface area contributed by atoms with E-state index in [2.05, 4.69) is 17.7 Å². The first kappa shape index (κ1) is 7.41. The van der Waals surface area contributed by atoms with Crippen molar-refractivity contribution in [3.63, 3.8) is 0 Å². The second kappa shape index (κ2) is 3.46. The van der Waals surface area contributed by atoms with Crippen LogP contribution in [-0.2, 0) is 7.05 Å². The highest BCUT2D eigenvalue weighted by atomic mass is 32.1. The molecule has 54 valence electrons. The van der Waals surface area contributed by atoms with Crippen molar-refractivity contribution in [3.05, 3.63) is 24.0 Å². The average Bonchev–Trinajstić information content (AvgIpc) is 2.31. The molecule has 0 aliphatic carbocycles. The van der Waals surface area contributed by atoms with E-state index < -0.39 is 0 Å². The van der Waals surface area contributed by atoms with Crippen molar-refractivity contribution in [2.75, 3.05) is 5.75 Å². The van der Waals surface area contributed by atoms with E-state index >= 15 is 0 Å². The van der Waals surface area contributed by atoms with Crippen LogP contribution in [0.25, 0.3) is 6.08 Å². The Bertz CT molecular complexity index is 227. The molecular formula is C7H10N2S. The third kappa shape index (κ3) is 1.92. The molecule has 0 aliphatic rings. The normalized spacial score (nSPS) is 11.0. The largest absolute Gasteiger partial charge is 0.275 e. The van der Waals surface area contributed by atoms with Gasteiger partial charge in [-0.05, 0) is 12.1 Å². The Morgan fingerprint density at radius 2 is 2.60 bits per heavy atom. The lowest BCUT2D eigenvalue weighted by atomic mass is 10.4. The summed E-state index contributed by atoms with van der Waals surface area (Å²) < 4.78 is 1.78. The number of hydrogen-bond acceptors (Lipinski definition) is 2. The fraction of sp³-hybridized carbons (Fsp3) is 0.286. The van der Waals surface area contributed by atoms with Gasteiger partial charge in [0.05, 0.1) is 5.69 Å². The fourth-order valence-electron chi connectivity index (χ4n) is 0.695. The smallest absolute Gasteiger partial charge is 0.0847 e. The van der Waals surface area contributed by atoms with Crippen LogP contribution in [0.15, 0.2) is 18.3 Å². The predicted molar refractivity (Wildman–Crippen MR) is 46.1 cm³/mol. The van der Waals surface area contributed by atoms with E-state index in [0.29, 0.717) is 0 Å². The van der Waals surface area contributed by atoms with Gasteiger partial charge < -0.3 is 0 Å². The highest BCUT2D eigenvalue weighted by Gasteiger charge is 1.87. The van der Waals surface area contributed by atoms with Gasteiger partial charge >= 0.3 is 0 Å². The highest BCUT2D eigenvalue weighted by molar-refractivity contribution is 7.80. The third-order valence-corrected chi connectivity index (χ3v) is 1.34. The van der Waals surface area contributed by atoms with Crippen molar-refractivity contribution in [2.45, 2.75) is 0 Å². The van der Waals surface area contributed by atoms with Gasteiger partial charge in [-0.3, -0.25) is 4.68 Å². The van der Waals surface area contributed by atoms with Gasteiger partial charge in [0.25, 0.3) is 0 Å². The van der Waals surface area contributed by atoms with Crippen LogP contribution in [0.5, 0.6) is 0 Å². The van der Waals surface area contributed by atoms with Crippen LogP contribution in [0.2, 0.25) is 0 Å². The quantitative estimate of drug-likeness (QED) is 0.637. The molecule has 0 fully saturated rings. The van der Waals surface area contributed by atoms with Gasteiger partial charge in [-0.15, -0.1) is 0 Å². The first-order valence-electron chi connectivity index (χ1n) is 3.10. The molecule has 0 saturated carbocycles. The number of hydrogen-bond donors (Lipinski definition) is 1. The minimum Gasteiger partial charge on any atom is -0.275 e. The molecule has 0 radical (unpaired) electrons. The Morgan fingerprint density at radius 1 is 1.80 bits per heavy atom. The molecule has 0 unspecified atom stereocenters. The van der Waals surface area contributed by atoms with Crippen LogP contribution < -0.4 is 0 Å². The Hall–Kier alpha value is -0.700. The van der Waals surface area contributed by atoms with Gasteiger partial charge in [-0.25, -0.2) is 0 Å². The second-order valence-corrected chi connectivity index (χ2v) is 2.36. The SMILES string of the molecule is Cn1ccc(C=CCS)n1. The number of thiol groups is 1. The van der Waals surface area contributed by atoms with E-state index in [-0.39, 0.29) is 0 Å². The van der Waals surface area contributed by atoms with Crippen LogP contribution >= 0.6 is 12.6 Å². The summed E-state index contributed by atoms with van der Waals surface area (Å²) in [5, 5.41) is 4.14. The maximum atomic E-state index is 4.14. The third-order valence-electron chi connectivity index (χ3n) is 1.13. The van der Waals surface area contributed by atoms with E-state index in [4.69, 9.17) is 0 Å². The number of aryl methyl sites for hydroxylation is 1. The summed E-state index contributed by atoms with van der Waals surface area (Å²) >= 11 is 4.04. The molecule has 0 bridgehead atoms.